The molecule has 5 rings (SSSR count). The number of anilines is 1. The molecule has 0 spiro atoms. The molecule has 8 nitrogen and oxygen atoms in total. The molecule has 0 unspecified atom stereocenters. The molecular formula is C28H22FN3O5S. The highest BCUT2D eigenvalue weighted by Gasteiger charge is 2.49. The summed E-state index contributed by atoms with van der Waals surface area (Å²) >= 11 is 1.22. The normalized spacial score (nSPS) is 17.6. The lowest BCUT2D eigenvalue weighted by Gasteiger charge is -2.47. The van der Waals surface area contributed by atoms with Crippen molar-refractivity contribution in [3.63, 3.8) is 0 Å². The number of benzene rings is 3. The molecule has 192 valence electrons. The molecule has 0 radical (unpaired) electrons. The van der Waals surface area contributed by atoms with E-state index < -0.39 is 39.6 Å². The van der Waals surface area contributed by atoms with Gasteiger partial charge in [0.1, 0.15) is 11.1 Å². The average molecular weight is 532 g/mol. The van der Waals surface area contributed by atoms with Gasteiger partial charge in [0.2, 0.25) is 5.91 Å². The number of β-lactam (4-membered cyclic amide) rings is 1. The third-order valence-corrected chi connectivity index (χ3v) is 7.74. The van der Waals surface area contributed by atoms with Crippen LogP contribution in [0, 0.1) is 15.9 Å². The predicted molar refractivity (Wildman–Crippen MR) is 142 cm³/mol. The number of thioether (sulfide) groups is 1. The van der Waals surface area contributed by atoms with E-state index in [1.807, 2.05) is 24.3 Å². The summed E-state index contributed by atoms with van der Waals surface area (Å²) < 4.78 is 13.3. The molecule has 0 aliphatic carbocycles. The van der Waals surface area contributed by atoms with E-state index in [9.17, 15) is 29.5 Å². The molecule has 1 aliphatic heterocycles. The number of aliphatic hydroxyl groups is 1. The number of aromatic nitrogens is 1. The number of nitrogens with zero attached hydrogens (tertiary/aromatic N) is 3. The maximum Gasteiger partial charge on any atom is 0.311 e. The summed E-state index contributed by atoms with van der Waals surface area (Å²) in [5.41, 5.74) is 3.00. The Morgan fingerprint density at radius 2 is 1.79 bits per heavy atom. The van der Waals surface area contributed by atoms with E-state index in [0.29, 0.717) is 16.8 Å². The van der Waals surface area contributed by atoms with Gasteiger partial charge in [0.15, 0.2) is 5.75 Å². The Labute approximate surface area is 221 Å². The highest BCUT2D eigenvalue weighted by Crippen LogP contribution is 2.47. The van der Waals surface area contributed by atoms with E-state index >= 15 is 0 Å². The van der Waals surface area contributed by atoms with Gasteiger partial charge in [0, 0.05) is 29.9 Å². The van der Waals surface area contributed by atoms with Gasteiger partial charge in [-0.25, -0.2) is 4.39 Å². The zero-order chi connectivity index (χ0) is 26.8. The predicted octanol–water partition coefficient (Wildman–Crippen LogP) is 5.42. The van der Waals surface area contributed by atoms with E-state index in [2.05, 4.69) is 4.98 Å². The van der Waals surface area contributed by atoms with Crippen LogP contribution in [0.15, 0.2) is 91.3 Å². The summed E-state index contributed by atoms with van der Waals surface area (Å²) in [5, 5.41) is 31.4. The Bertz CT molecular complexity index is 1470. The molecule has 2 N–H and O–H groups in total. The second kappa shape index (κ2) is 10.6. The van der Waals surface area contributed by atoms with Crippen LogP contribution in [0.1, 0.15) is 23.3 Å². The Hall–Kier alpha value is -4.28. The topological polar surface area (TPSA) is 117 Å². The van der Waals surface area contributed by atoms with Gasteiger partial charge in [-0.2, -0.15) is 0 Å². The second-order valence-electron chi connectivity index (χ2n) is 8.77. The minimum atomic E-state index is -0.934. The van der Waals surface area contributed by atoms with Crippen LogP contribution in [0.4, 0.5) is 15.8 Å². The van der Waals surface area contributed by atoms with Crippen LogP contribution in [0.25, 0.3) is 11.1 Å². The second-order valence-corrected chi connectivity index (χ2v) is 9.94. The lowest BCUT2D eigenvalue weighted by atomic mass is 9.91. The number of pyridine rings is 1. The first-order valence-electron chi connectivity index (χ1n) is 11.7. The van der Waals surface area contributed by atoms with Gasteiger partial charge >= 0.3 is 5.69 Å². The number of phenolic OH excluding ortho intramolecular Hbond substituents is 1. The smallest absolute Gasteiger partial charge is 0.311 e. The number of amides is 1. The number of hydrogen-bond donors (Lipinski definition) is 2. The maximum atomic E-state index is 13.4. The fourth-order valence-electron chi connectivity index (χ4n) is 4.43. The van der Waals surface area contributed by atoms with Crippen molar-refractivity contribution in [2.45, 2.75) is 17.4 Å². The molecule has 0 saturated carbocycles. The average Bonchev–Trinajstić information content (AvgIpc) is 2.93. The zero-order valence-corrected chi connectivity index (χ0v) is 20.7. The Morgan fingerprint density at radius 3 is 2.45 bits per heavy atom. The Kier molecular flexibility index (Phi) is 7.08. The van der Waals surface area contributed by atoms with Gasteiger partial charge in [0.25, 0.3) is 0 Å². The monoisotopic (exact) mass is 531 g/mol. The Morgan fingerprint density at radius 1 is 1.05 bits per heavy atom. The third-order valence-electron chi connectivity index (χ3n) is 6.41. The molecular weight excluding hydrogens is 509 g/mol. The van der Waals surface area contributed by atoms with Crippen molar-refractivity contribution in [1.82, 2.24) is 4.98 Å². The summed E-state index contributed by atoms with van der Waals surface area (Å²) in [6.45, 7) is 0. The molecule has 10 heteroatoms. The van der Waals surface area contributed by atoms with Gasteiger partial charge in [0.05, 0.1) is 17.1 Å². The number of hydrogen-bond acceptors (Lipinski definition) is 7. The number of phenols is 1. The molecule has 1 fully saturated rings. The summed E-state index contributed by atoms with van der Waals surface area (Å²) in [6.07, 6.45) is 2.49. The van der Waals surface area contributed by atoms with E-state index in [0.717, 1.165) is 11.1 Å². The van der Waals surface area contributed by atoms with Gasteiger partial charge in [-0.3, -0.25) is 19.9 Å². The summed E-state index contributed by atoms with van der Waals surface area (Å²) in [4.78, 5) is 29.8. The lowest BCUT2D eigenvalue weighted by Crippen LogP contribution is -2.57. The molecule has 4 aromatic rings. The minimum absolute atomic E-state index is 0.159. The first-order chi connectivity index (χ1) is 18.3. The van der Waals surface area contributed by atoms with E-state index in [1.54, 1.807) is 35.5 Å². The highest BCUT2D eigenvalue weighted by atomic mass is 32.2. The SMILES string of the molecule is O=C1[C@H](SC[C@H](O)c2ccc(F)cc2)[C@@H](c2ccc(O)c([N+](=O)[O-])c2)N1c1ccc(-c2cccnc2)cc1. The molecule has 3 atom stereocenters. The number of aromatic hydroxyl groups is 1. The van der Waals surface area contributed by atoms with Crippen molar-refractivity contribution in [2.24, 2.45) is 0 Å². The summed E-state index contributed by atoms with van der Waals surface area (Å²) in [5.74, 6) is -0.933. The van der Waals surface area contributed by atoms with Gasteiger partial charge < -0.3 is 15.1 Å². The lowest BCUT2D eigenvalue weighted by molar-refractivity contribution is -0.385. The first-order valence-corrected chi connectivity index (χ1v) is 12.7. The van der Waals surface area contributed by atoms with Crippen LogP contribution in [0.3, 0.4) is 0 Å². The maximum absolute atomic E-state index is 13.4. The summed E-state index contributed by atoms with van der Waals surface area (Å²) in [6, 6.07) is 20.1. The van der Waals surface area contributed by atoms with Crippen LogP contribution >= 0.6 is 11.8 Å². The van der Waals surface area contributed by atoms with Crippen molar-refractivity contribution in [3.05, 3.63) is 118 Å². The number of carbonyl (C=O) groups excluding carboxylic acids is 1. The molecule has 2 heterocycles. The molecule has 38 heavy (non-hydrogen) atoms. The number of nitro groups is 1. The molecule has 1 aliphatic rings. The summed E-state index contributed by atoms with van der Waals surface area (Å²) in [7, 11) is 0. The zero-order valence-electron chi connectivity index (χ0n) is 19.8. The van der Waals surface area contributed by atoms with Crippen molar-refractivity contribution < 1.29 is 24.3 Å². The largest absolute Gasteiger partial charge is 0.502 e. The van der Waals surface area contributed by atoms with Crippen LogP contribution in [0.5, 0.6) is 5.75 Å². The van der Waals surface area contributed by atoms with Crippen LogP contribution < -0.4 is 4.90 Å². The highest BCUT2D eigenvalue weighted by molar-refractivity contribution is 8.00. The molecule has 1 aromatic heterocycles. The van der Waals surface area contributed by atoms with Crippen molar-refractivity contribution in [2.75, 3.05) is 10.7 Å². The molecule has 3 aromatic carbocycles. The van der Waals surface area contributed by atoms with Crippen LogP contribution in [-0.4, -0.2) is 37.0 Å². The molecule has 1 amide bonds. The van der Waals surface area contributed by atoms with Gasteiger partial charge in [-0.15, -0.1) is 11.8 Å². The van der Waals surface area contributed by atoms with E-state index in [-0.39, 0.29) is 11.7 Å². The number of rotatable bonds is 8. The fourth-order valence-corrected chi connectivity index (χ4v) is 5.73. The van der Waals surface area contributed by atoms with Crippen molar-refractivity contribution >= 4 is 29.0 Å². The standard InChI is InChI=1S/C28H22FN3O5S/c29-21-8-3-18(4-9-21)25(34)16-38-27-26(19-7-12-24(33)23(14-19)32(36)37)31(28(27)35)22-10-5-17(6-11-22)20-2-1-13-30-15-20/h1-15,25-27,33-34H,16H2/t25-,26+,27+/m0/s1. The number of halogens is 1. The minimum Gasteiger partial charge on any atom is -0.502 e. The van der Waals surface area contributed by atoms with Gasteiger partial charge in [-0.1, -0.05) is 36.4 Å². The third kappa shape index (κ3) is 4.96. The van der Waals surface area contributed by atoms with E-state index in [4.69, 9.17) is 0 Å². The fraction of sp³-hybridized carbons (Fsp3) is 0.143. The van der Waals surface area contributed by atoms with Gasteiger partial charge in [-0.05, 0) is 58.7 Å². The number of carbonyl (C=O) groups is 1. The number of aliphatic hydroxyl groups excluding tert-OH is 1. The van der Waals surface area contributed by atoms with Crippen molar-refractivity contribution in [1.29, 1.82) is 0 Å². The molecule has 0 bridgehead atoms. The first kappa shape index (κ1) is 25.4. The number of nitro benzene ring substituents is 1. The van der Waals surface area contributed by atoms with Crippen LogP contribution in [0.2, 0.25) is 0 Å². The van der Waals surface area contributed by atoms with Crippen LogP contribution in [-0.2, 0) is 4.79 Å². The quantitative estimate of drug-likeness (QED) is 0.177. The van der Waals surface area contributed by atoms with Crippen molar-refractivity contribution in [3.8, 4) is 16.9 Å². The molecule has 1 saturated heterocycles. The van der Waals surface area contributed by atoms with E-state index in [1.165, 1.54) is 48.2 Å². The Balaban J connectivity index is 1.43.